The first-order valence-electron chi connectivity index (χ1n) is 12.5. The van der Waals surface area contributed by atoms with Crippen LogP contribution in [0.5, 0.6) is 5.75 Å². The summed E-state index contributed by atoms with van der Waals surface area (Å²) >= 11 is 0. The zero-order valence-electron chi connectivity index (χ0n) is 20.8. The molecular weight excluding hydrogens is 497 g/mol. The number of nitrogens with one attached hydrogen (secondary N) is 3. The number of benzene rings is 2. The molecule has 0 radical (unpaired) electrons. The summed E-state index contributed by atoms with van der Waals surface area (Å²) in [6, 6.07) is 8.34. The van der Waals surface area contributed by atoms with E-state index >= 15 is 4.39 Å². The number of carbonyl (C=O) groups is 1. The van der Waals surface area contributed by atoms with E-state index in [9.17, 15) is 13.6 Å². The van der Waals surface area contributed by atoms with Crippen molar-refractivity contribution in [3.63, 3.8) is 0 Å². The van der Waals surface area contributed by atoms with Gasteiger partial charge in [-0.25, -0.2) is 18.2 Å². The van der Waals surface area contributed by atoms with Gasteiger partial charge in [-0.1, -0.05) is 6.92 Å². The third kappa shape index (κ3) is 5.14. The number of pyridine rings is 1. The number of amides is 1. The van der Waals surface area contributed by atoms with Crippen molar-refractivity contribution in [3.05, 3.63) is 71.3 Å². The molecule has 5 rings (SSSR count). The van der Waals surface area contributed by atoms with Gasteiger partial charge in [0, 0.05) is 29.4 Å². The lowest BCUT2D eigenvalue weighted by molar-refractivity contribution is 0.102. The lowest BCUT2D eigenvalue weighted by Gasteiger charge is -2.19. The van der Waals surface area contributed by atoms with E-state index in [1.165, 1.54) is 18.3 Å². The molecular formula is C27H27F3N6O2. The van der Waals surface area contributed by atoms with Crippen LogP contribution in [0.1, 0.15) is 35.7 Å². The molecule has 8 nitrogen and oxygen atoms in total. The topological polar surface area (TPSA) is 95.2 Å². The fourth-order valence-electron chi connectivity index (χ4n) is 4.56. The van der Waals surface area contributed by atoms with Crippen molar-refractivity contribution in [1.82, 2.24) is 20.1 Å². The van der Waals surface area contributed by atoms with Gasteiger partial charge in [-0.15, -0.1) is 0 Å². The minimum Gasteiger partial charge on any atom is -0.489 e. The van der Waals surface area contributed by atoms with Crippen molar-refractivity contribution in [1.29, 1.82) is 0 Å². The molecule has 0 atom stereocenters. The maximum atomic E-state index is 15.5. The van der Waals surface area contributed by atoms with Crippen molar-refractivity contribution in [2.75, 3.05) is 36.9 Å². The third-order valence-corrected chi connectivity index (χ3v) is 6.57. The van der Waals surface area contributed by atoms with Gasteiger partial charge in [-0.3, -0.25) is 14.8 Å². The lowest BCUT2D eigenvalue weighted by atomic mass is 10.1. The molecule has 2 aromatic heterocycles. The van der Waals surface area contributed by atoms with Crippen LogP contribution in [0.4, 0.5) is 30.4 Å². The average molecular weight is 525 g/mol. The van der Waals surface area contributed by atoms with E-state index in [0.29, 0.717) is 12.2 Å². The average Bonchev–Trinajstić information content (AvgIpc) is 3.62. The molecule has 1 fully saturated rings. The van der Waals surface area contributed by atoms with Gasteiger partial charge in [-0.05, 0) is 62.7 Å². The van der Waals surface area contributed by atoms with Crippen LogP contribution < -0.4 is 15.4 Å². The van der Waals surface area contributed by atoms with E-state index in [0.717, 1.165) is 36.8 Å². The van der Waals surface area contributed by atoms with Crippen molar-refractivity contribution >= 4 is 34.0 Å². The quantitative estimate of drug-likeness (QED) is 0.254. The Morgan fingerprint density at radius 2 is 1.95 bits per heavy atom. The van der Waals surface area contributed by atoms with E-state index in [2.05, 4.69) is 30.7 Å². The molecule has 1 aliphatic rings. The van der Waals surface area contributed by atoms with E-state index in [1.807, 2.05) is 6.07 Å². The fraction of sp³-hybridized carbons (Fsp3) is 0.296. The molecule has 1 amide bonds. The highest BCUT2D eigenvalue weighted by molar-refractivity contribution is 6.08. The number of H-pyrrole nitrogens is 1. The van der Waals surface area contributed by atoms with Crippen LogP contribution in [0.3, 0.4) is 0 Å². The Morgan fingerprint density at radius 1 is 1.13 bits per heavy atom. The summed E-state index contributed by atoms with van der Waals surface area (Å²) in [6.45, 7) is 4.07. The summed E-state index contributed by atoms with van der Waals surface area (Å²) in [5.74, 6) is -5.00. The highest BCUT2D eigenvalue weighted by Crippen LogP contribution is 2.36. The molecule has 4 aromatic rings. The van der Waals surface area contributed by atoms with Crippen molar-refractivity contribution in [2.24, 2.45) is 0 Å². The summed E-state index contributed by atoms with van der Waals surface area (Å²) in [5, 5.41) is 13.0. The maximum Gasteiger partial charge on any atom is 0.259 e. The normalized spacial score (nSPS) is 13.7. The number of aromatic nitrogens is 3. The molecule has 0 spiro atoms. The van der Waals surface area contributed by atoms with Crippen LogP contribution in [0.2, 0.25) is 0 Å². The Bertz CT molecular complexity index is 1470. The molecule has 38 heavy (non-hydrogen) atoms. The largest absolute Gasteiger partial charge is 0.489 e. The van der Waals surface area contributed by atoms with E-state index in [1.54, 1.807) is 25.3 Å². The molecule has 0 saturated carbocycles. The van der Waals surface area contributed by atoms with Crippen molar-refractivity contribution < 1.29 is 22.7 Å². The summed E-state index contributed by atoms with van der Waals surface area (Å²) in [6.07, 6.45) is 5.33. The number of hydrogen-bond donors (Lipinski definition) is 3. The summed E-state index contributed by atoms with van der Waals surface area (Å²) < 4.78 is 51.0. The van der Waals surface area contributed by atoms with Crippen molar-refractivity contribution in [2.45, 2.75) is 26.2 Å². The summed E-state index contributed by atoms with van der Waals surface area (Å²) in [5.41, 5.74) is 0.267. The number of anilines is 3. The molecule has 0 aliphatic carbocycles. The molecule has 0 bridgehead atoms. The molecule has 2 aromatic carbocycles. The first-order chi connectivity index (χ1) is 18.5. The smallest absolute Gasteiger partial charge is 0.259 e. The number of halogens is 3. The molecule has 198 valence electrons. The van der Waals surface area contributed by atoms with Gasteiger partial charge in [0.2, 0.25) is 0 Å². The number of carbonyl (C=O) groups excluding carboxylic acids is 1. The van der Waals surface area contributed by atoms with Crippen LogP contribution in [-0.4, -0.2) is 52.2 Å². The summed E-state index contributed by atoms with van der Waals surface area (Å²) in [4.78, 5) is 19.5. The number of fused-ring (bicyclic) bond motifs is 1. The number of nitrogens with zero attached hydrogens (tertiary/aromatic N) is 3. The van der Waals surface area contributed by atoms with E-state index in [-0.39, 0.29) is 30.0 Å². The molecule has 11 heteroatoms. The van der Waals surface area contributed by atoms with Gasteiger partial charge < -0.3 is 15.4 Å². The molecule has 1 aliphatic heterocycles. The SMILES string of the molecule is CCc1c(F)c(F)c(NC(=O)c2cccnc2Nc2ccc3cn[nH]c3c2)c(F)c1OCCN1CCCC1. The maximum absolute atomic E-state index is 15.5. The van der Waals surface area contributed by atoms with Crippen LogP contribution >= 0.6 is 0 Å². The third-order valence-electron chi connectivity index (χ3n) is 6.57. The van der Waals surface area contributed by atoms with Crippen LogP contribution in [0.15, 0.2) is 42.7 Å². The zero-order valence-corrected chi connectivity index (χ0v) is 20.8. The minimum absolute atomic E-state index is 0.00693. The number of aromatic amines is 1. The number of likely N-dealkylation sites (tertiary alicyclic amines) is 1. The predicted octanol–water partition coefficient (Wildman–Crippen LogP) is 5.41. The Morgan fingerprint density at radius 3 is 2.74 bits per heavy atom. The van der Waals surface area contributed by atoms with Crippen molar-refractivity contribution in [3.8, 4) is 5.75 Å². The predicted molar refractivity (Wildman–Crippen MR) is 138 cm³/mol. The first kappa shape index (κ1) is 25.5. The van der Waals surface area contributed by atoms with Gasteiger partial charge in [0.15, 0.2) is 23.2 Å². The first-order valence-corrected chi connectivity index (χ1v) is 12.5. The monoisotopic (exact) mass is 524 g/mol. The highest BCUT2D eigenvalue weighted by atomic mass is 19.2. The Balaban J connectivity index is 1.39. The van der Waals surface area contributed by atoms with Gasteiger partial charge in [0.05, 0.1) is 17.3 Å². The number of hydrogen-bond acceptors (Lipinski definition) is 6. The summed E-state index contributed by atoms with van der Waals surface area (Å²) in [7, 11) is 0. The molecule has 3 heterocycles. The van der Waals surface area contributed by atoms with Crippen LogP contribution in [0.25, 0.3) is 10.9 Å². The fourth-order valence-corrected chi connectivity index (χ4v) is 4.56. The standard InChI is InChI=1S/C27H27F3N6O2/c1-2-18-21(28)22(29)24(23(30)25(18)38-13-12-36-10-3-4-11-36)34-27(37)19-6-5-9-31-26(19)33-17-8-7-16-15-32-35-20(16)14-17/h5-9,14-15H,2-4,10-13H2,1H3,(H,31,33)(H,32,35)(H,34,37). The second-order valence-corrected chi connectivity index (χ2v) is 9.03. The van der Waals surface area contributed by atoms with Gasteiger partial charge in [-0.2, -0.15) is 5.10 Å². The highest BCUT2D eigenvalue weighted by Gasteiger charge is 2.28. The van der Waals surface area contributed by atoms with Crippen LogP contribution in [0, 0.1) is 17.5 Å². The van der Waals surface area contributed by atoms with Gasteiger partial charge >= 0.3 is 0 Å². The van der Waals surface area contributed by atoms with E-state index in [4.69, 9.17) is 4.74 Å². The number of rotatable bonds is 9. The molecule has 0 unspecified atom stereocenters. The second-order valence-electron chi connectivity index (χ2n) is 9.03. The Hall–Kier alpha value is -4.12. The van der Waals surface area contributed by atoms with Gasteiger partial charge in [0.1, 0.15) is 18.1 Å². The Labute approximate surface area is 217 Å². The van der Waals surface area contributed by atoms with Gasteiger partial charge in [0.25, 0.3) is 5.91 Å². The lowest BCUT2D eigenvalue weighted by Crippen LogP contribution is -2.25. The van der Waals surface area contributed by atoms with E-state index < -0.39 is 34.8 Å². The number of ether oxygens (including phenoxy) is 1. The molecule has 1 saturated heterocycles. The minimum atomic E-state index is -1.48. The zero-order chi connectivity index (χ0) is 26.6. The van der Waals surface area contributed by atoms with Crippen LogP contribution in [-0.2, 0) is 6.42 Å². The second kappa shape index (κ2) is 11.1. The molecule has 3 N–H and O–H groups in total. The Kier molecular flexibility index (Phi) is 7.45.